The number of hydrogen-bond donors (Lipinski definition) is 0. The van der Waals surface area contributed by atoms with Gasteiger partial charge in [0, 0.05) is 44.0 Å². The summed E-state index contributed by atoms with van der Waals surface area (Å²) in [6.45, 7) is 0. The molecule has 0 radical (unpaired) electrons. The monoisotopic (exact) mass is 765 g/mol. The van der Waals surface area contributed by atoms with E-state index in [1.54, 1.807) is 0 Å². The Hall–Kier alpha value is -8.15. The Morgan fingerprint density at radius 3 is 1.40 bits per heavy atom. The van der Waals surface area contributed by atoms with Gasteiger partial charge in [-0.2, -0.15) is 0 Å². The molecular weight excluding hydrogens is 731 g/mol. The second-order valence-electron chi connectivity index (χ2n) is 15.2. The lowest BCUT2D eigenvalue weighted by atomic mass is 9.99. The Bertz CT molecular complexity index is 3510. The van der Waals surface area contributed by atoms with Crippen molar-refractivity contribution >= 4 is 54.4 Å². The fourth-order valence-corrected chi connectivity index (χ4v) is 9.02. The summed E-state index contributed by atoms with van der Waals surface area (Å²) in [6, 6.07) is 75.1. The third kappa shape index (κ3) is 5.44. The fraction of sp³-hybridized carbons (Fsp3) is 0. The summed E-state index contributed by atoms with van der Waals surface area (Å²) in [7, 11) is 0. The van der Waals surface area contributed by atoms with E-state index in [4.69, 9.17) is 15.0 Å². The van der Waals surface area contributed by atoms with Crippen molar-refractivity contribution in [3.8, 4) is 56.7 Å². The minimum Gasteiger partial charge on any atom is -0.309 e. The summed E-state index contributed by atoms with van der Waals surface area (Å²) in [5.41, 5.74) is 11.8. The number of rotatable bonds is 6. The van der Waals surface area contributed by atoms with Crippen molar-refractivity contribution < 1.29 is 0 Å². The molecule has 9 aromatic carbocycles. The normalized spacial score (nSPS) is 11.7. The Balaban J connectivity index is 1.16. The van der Waals surface area contributed by atoms with Crippen molar-refractivity contribution in [3.63, 3.8) is 0 Å². The quantitative estimate of drug-likeness (QED) is 0.169. The van der Waals surface area contributed by atoms with Crippen LogP contribution in [0.2, 0.25) is 0 Å². The van der Waals surface area contributed by atoms with Crippen molar-refractivity contribution in [3.05, 3.63) is 212 Å². The molecule has 0 atom stereocenters. The first-order valence-electron chi connectivity index (χ1n) is 20.3. The molecule has 0 saturated carbocycles. The maximum absolute atomic E-state index is 5.33. The van der Waals surface area contributed by atoms with Crippen LogP contribution in [0, 0.1) is 0 Å². The Kier molecular flexibility index (Phi) is 7.78. The molecule has 12 rings (SSSR count). The van der Waals surface area contributed by atoms with Gasteiger partial charge in [-0.1, -0.05) is 170 Å². The molecule has 0 N–H and O–H groups in total. The molecule has 0 bridgehead atoms. The Morgan fingerprint density at radius 2 is 0.750 bits per heavy atom. The molecule has 3 aromatic heterocycles. The van der Waals surface area contributed by atoms with Crippen LogP contribution in [0.5, 0.6) is 0 Å². The summed E-state index contributed by atoms with van der Waals surface area (Å²) in [6.07, 6.45) is 0. The van der Waals surface area contributed by atoms with Crippen LogP contribution in [0.4, 0.5) is 0 Å². The molecular formula is C55H35N5. The molecule has 5 nitrogen and oxygen atoms in total. The number of benzene rings is 9. The van der Waals surface area contributed by atoms with Crippen LogP contribution >= 0.6 is 0 Å². The van der Waals surface area contributed by atoms with Crippen LogP contribution < -0.4 is 0 Å². The first kappa shape index (κ1) is 33.9. The lowest BCUT2D eigenvalue weighted by Gasteiger charge is -2.15. The second kappa shape index (κ2) is 13.8. The third-order valence-corrected chi connectivity index (χ3v) is 11.8. The van der Waals surface area contributed by atoms with Crippen molar-refractivity contribution in [1.29, 1.82) is 0 Å². The van der Waals surface area contributed by atoms with Gasteiger partial charge < -0.3 is 9.13 Å². The van der Waals surface area contributed by atoms with Gasteiger partial charge in [-0.3, -0.25) is 0 Å². The van der Waals surface area contributed by atoms with Gasteiger partial charge in [-0.25, -0.2) is 15.0 Å². The fourth-order valence-electron chi connectivity index (χ4n) is 9.02. The average molecular weight is 766 g/mol. The van der Waals surface area contributed by atoms with E-state index in [9.17, 15) is 0 Å². The molecule has 3 heterocycles. The second-order valence-corrected chi connectivity index (χ2v) is 15.2. The van der Waals surface area contributed by atoms with E-state index in [1.807, 2.05) is 36.4 Å². The summed E-state index contributed by atoms with van der Waals surface area (Å²) >= 11 is 0. The number of para-hydroxylation sites is 2. The zero-order valence-electron chi connectivity index (χ0n) is 32.4. The van der Waals surface area contributed by atoms with Gasteiger partial charge >= 0.3 is 0 Å². The van der Waals surface area contributed by atoms with E-state index in [0.717, 1.165) is 71.7 Å². The largest absolute Gasteiger partial charge is 0.309 e. The average Bonchev–Trinajstić information content (AvgIpc) is 3.83. The van der Waals surface area contributed by atoms with Gasteiger partial charge in [-0.05, 0) is 64.4 Å². The highest BCUT2D eigenvalue weighted by molar-refractivity contribution is 6.21. The SMILES string of the molecule is c1ccc(-c2ccc(-n3c4ccccc4c4ccc(-n5c6ccccc6c6cc7ccccc7c(-c7nc(-c8ccccc8)nc(-c8ccccc8)n7)c65)cc43)cc2)cc1. The standard InChI is InChI=1S/C55H35N5/c1-4-16-36(17-5-1)37-28-30-41(31-29-37)59-48-26-14-12-24-44(48)46-33-32-42(35-50(46)59)60-49-27-15-13-25-45(49)47-34-40-22-10-11-23-43(40)51(52(47)60)55-57-53(38-18-6-2-7-19-38)56-54(58-55)39-20-8-3-9-21-39/h1-35H. The van der Waals surface area contributed by atoms with E-state index in [0.29, 0.717) is 17.5 Å². The lowest BCUT2D eigenvalue weighted by molar-refractivity contribution is 1.07. The van der Waals surface area contributed by atoms with E-state index in [2.05, 4.69) is 185 Å². The van der Waals surface area contributed by atoms with Crippen molar-refractivity contribution in [2.75, 3.05) is 0 Å². The molecule has 0 spiro atoms. The zero-order chi connectivity index (χ0) is 39.6. The van der Waals surface area contributed by atoms with E-state index >= 15 is 0 Å². The predicted octanol–water partition coefficient (Wildman–Crippen LogP) is 13.9. The van der Waals surface area contributed by atoms with E-state index in [-0.39, 0.29) is 0 Å². The maximum atomic E-state index is 5.33. The summed E-state index contributed by atoms with van der Waals surface area (Å²) in [4.78, 5) is 15.7. The van der Waals surface area contributed by atoms with Gasteiger partial charge in [0.25, 0.3) is 0 Å². The highest BCUT2D eigenvalue weighted by Gasteiger charge is 2.24. The minimum absolute atomic E-state index is 0.627. The zero-order valence-corrected chi connectivity index (χ0v) is 32.4. The number of hydrogen-bond acceptors (Lipinski definition) is 3. The molecule has 0 aliphatic rings. The first-order chi connectivity index (χ1) is 29.8. The highest BCUT2D eigenvalue weighted by atomic mass is 15.1. The summed E-state index contributed by atoms with van der Waals surface area (Å²) in [5.74, 6) is 1.89. The first-order valence-corrected chi connectivity index (χ1v) is 20.3. The van der Waals surface area contributed by atoms with Gasteiger partial charge in [-0.15, -0.1) is 0 Å². The topological polar surface area (TPSA) is 48.5 Å². The van der Waals surface area contributed by atoms with Gasteiger partial charge in [0.1, 0.15) is 0 Å². The van der Waals surface area contributed by atoms with Gasteiger partial charge in [0.15, 0.2) is 17.5 Å². The molecule has 0 saturated heterocycles. The lowest BCUT2D eigenvalue weighted by Crippen LogP contribution is -2.03. The maximum Gasteiger partial charge on any atom is 0.166 e. The van der Waals surface area contributed by atoms with Crippen LogP contribution in [0.1, 0.15) is 0 Å². The molecule has 0 aliphatic carbocycles. The molecule has 0 unspecified atom stereocenters. The van der Waals surface area contributed by atoms with E-state index in [1.165, 1.54) is 21.9 Å². The minimum atomic E-state index is 0.627. The Labute approximate surface area is 346 Å². The number of aromatic nitrogens is 5. The van der Waals surface area contributed by atoms with Gasteiger partial charge in [0.2, 0.25) is 0 Å². The highest BCUT2D eigenvalue weighted by Crippen LogP contribution is 2.43. The van der Waals surface area contributed by atoms with Crippen LogP contribution in [0.15, 0.2) is 212 Å². The molecule has 60 heavy (non-hydrogen) atoms. The van der Waals surface area contributed by atoms with Crippen molar-refractivity contribution in [2.24, 2.45) is 0 Å². The molecule has 280 valence electrons. The molecule has 0 amide bonds. The molecule has 0 fully saturated rings. The van der Waals surface area contributed by atoms with Crippen molar-refractivity contribution in [1.82, 2.24) is 24.1 Å². The van der Waals surface area contributed by atoms with Crippen molar-refractivity contribution in [2.45, 2.75) is 0 Å². The molecule has 0 aliphatic heterocycles. The van der Waals surface area contributed by atoms with Crippen LogP contribution in [-0.4, -0.2) is 24.1 Å². The summed E-state index contributed by atoms with van der Waals surface area (Å²) < 4.78 is 4.82. The molecule has 5 heteroatoms. The third-order valence-electron chi connectivity index (χ3n) is 11.8. The Morgan fingerprint density at radius 1 is 0.283 bits per heavy atom. The van der Waals surface area contributed by atoms with Crippen LogP contribution in [0.3, 0.4) is 0 Å². The molecule has 12 aromatic rings. The van der Waals surface area contributed by atoms with E-state index < -0.39 is 0 Å². The predicted molar refractivity (Wildman–Crippen MR) is 248 cm³/mol. The summed E-state index contributed by atoms with van der Waals surface area (Å²) in [5, 5.41) is 6.92. The van der Waals surface area contributed by atoms with Crippen LogP contribution in [0.25, 0.3) is 111 Å². The smallest absolute Gasteiger partial charge is 0.166 e. The van der Waals surface area contributed by atoms with Crippen LogP contribution in [-0.2, 0) is 0 Å². The van der Waals surface area contributed by atoms with Gasteiger partial charge in [0.05, 0.1) is 27.6 Å². The number of nitrogens with zero attached hydrogens (tertiary/aromatic N) is 5. The number of fused-ring (bicyclic) bond motifs is 7.